The fourth-order valence-electron chi connectivity index (χ4n) is 3.19. The van der Waals surface area contributed by atoms with Crippen molar-refractivity contribution in [3.8, 4) is 0 Å². The molecule has 0 spiro atoms. The van der Waals surface area contributed by atoms with Crippen molar-refractivity contribution in [3.05, 3.63) is 77.5 Å². The Morgan fingerprint density at radius 2 is 1.71 bits per heavy atom. The first kappa shape index (κ1) is 14.6. The van der Waals surface area contributed by atoms with E-state index in [1.165, 1.54) is 16.7 Å². The van der Waals surface area contributed by atoms with Gasteiger partial charge in [0.1, 0.15) is 5.52 Å². The second-order valence-corrected chi connectivity index (χ2v) is 6.24. The van der Waals surface area contributed by atoms with Gasteiger partial charge in [-0.05, 0) is 43.0 Å². The third kappa shape index (κ3) is 2.69. The second-order valence-electron chi connectivity index (χ2n) is 6.24. The molecule has 0 bridgehead atoms. The summed E-state index contributed by atoms with van der Waals surface area (Å²) < 4.78 is 0. The number of nitrogens with two attached hydrogens (primary N) is 1. The number of aromatic nitrogens is 2. The van der Waals surface area contributed by atoms with Crippen LogP contribution in [-0.2, 0) is 12.8 Å². The van der Waals surface area contributed by atoms with Gasteiger partial charge < -0.3 is 5.73 Å². The summed E-state index contributed by atoms with van der Waals surface area (Å²) in [5.41, 5.74) is 11.7. The molecule has 2 aromatic carbocycles. The molecule has 2 N–H and O–H groups in total. The zero-order chi connectivity index (χ0) is 16.5. The number of fused-ring (bicyclic) bond motifs is 3. The maximum absolute atomic E-state index is 6.08. The van der Waals surface area contributed by atoms with Crippen LogP contribution < -0.4 is 5.73 Å². The highest BCUT2D eigenvalue weighted by Gasteiger charge is 2.08. The Hall–Kier alpha value is -2.94. The summed E-state index contributed by atoms with van der Waals surface area (Å²) >= 11 is 0. The topological polar surface area (TPSA) is 51.8 Å². The van der Waals surface area contributed by atoms with Crippen LogP contribution in [0.3, 0.4) is 0 Å². The zero-order valence-corrected chi connectivity index (χ0v) is 13.7. The molecule has 4 rings (SSSR count). The predicted octanol–water partition coefficient (Wildman–Crippen LogP) is 4.46. The molecule has 0 unspecified atom stereocenters. The van der Waals surface area contributed by atoms with Crippen LogP contribution in [0, 0.1) is 6.92 Å². The minimum Gasteiger partial charge on any atom is -0.382 e. The number of hydrogen-bond acceptors (Lipinski definition) is 3. The quantitative estimate of drug-likeness (QED) is 0.568. The number of rotatable bonds is 3. The minimum absolute atomic E-state index is 0.494. The van der Waals surface area contributed by atoms with E-state index in [-0.39, 0.29) is 0 Å². The minimum atomic E-state index is 0.494. The predicted molar refractivity (Wildman–Crippen MR) is 100 cm³/mol. The van der Waals surface area contributed by atoms with Gasteiger partial charge in [0.05, 0.1) is 5.52 Å². The smallest absolute Gasteiger partial charge is 0.150 e. The van der Waals surface area contributed by atoms with E-state index in [0.717, 1.165) is 34.6 Å². The van der Waals surface area contributed by atoms with Crippen LogP contribution in [0.25, 0.3) is 21.8 Å². The Labute approximate surface area is 141 Å². The van der Waals surface area contributed by atoms with Gasteiger partial charge in [-0.25, -0.2) is 4.98 Å². The van der Waals surface area contributed by atoms with Crippen LogP contribution in [0.1, 0.15) is 16.7 Å². The van der Waals surface area contributed by atoms with Crippen molar-refractivity contribution < 1.29 is 0 Å². The summed E-state index contributed by atoms with van der Waals surface area (Å²) in [6.45, 7) is 2.13. The number of pyridine rings is 2. The van der Waals surface area contributed by atoms with Gasteiger partial charge in [-0.3, -0.25) is 4.98 Å². The molecule has 118 valence electrons. The molecule has 0 atom stereocenters. The molecule has 2 aromatic heterocycles. The summed E-state index contributed by atoms with van der Waals surface area (Å²) in [5.74, 6) is 0.494. The molecular weight excluding hydrogens is 294 g/mol. The van der Waals surface area contributed by atoms with Gasteiger partial charge in [-0.2, -0.15) is 0 Å². The molecule has 3 heteroatoms. The van der Waals surface area contributed by atoms with Crippen molar-refractivity contribution in [2.45, 2.75) is 19.8 Å². The Kier molecular flexibility index (Phi) is 3.62. The molecule has 0 saturated heterocycles. The van der Waals surface area contributed by atoms with Gasteiger partial charge in [-0.15, -0.1) is 0 Å². The van der Waals surface area contributed by atoms with E-state index in [2.05, 4.69) is 53.3 Å². The number of aryl methyl sites for hydroxylation is 3. The zero-order valence-electron chi connectivity index (χ0n) is 13.7. The van der Waals surface area contributed by atoms with Gasteiger partial charge in [-0.1, -0.05) is 48.0 Å². The number of nitrogen functional groups attached to an aromatic ring is 1. The molecular formula is C21H19N3. The first-order chi connectivity index (χ1) is 11.7. The second kappa shape index (κ2) is 5.93. The average molecular weight is 313 g/mol. The molecule has 4 aromatic rings. The normalized spacial score (nSPS) is 11.2. The van der Waals surface area contributed by atoms with Crippen LogP contribution in [0.4, 0.5) is 5.82 Å². The Balaban J connectivity index is 1.73. The Morgan fingerprint density at radius 1 is 0.875 bits per heavy atom. The maximum atomic E-state index is 6.08. The summed E-state index contributed by atoms with van der Waals surface area (Å²) in [4.78, 5) is 9.03. The van der Waals surface area contributed by atoms with Gasteiger partial charge in [0, 0.05) is 17.0 Å². The number of benzene rings is 2. The molecule has 0 aliphatic heterocycles. The van der Waals surface area contributed by atoms with E-state index in [1.807, 2.05) is 24.4 Å². The van der Waals surface area contributed by atoms with E-state index >= 15 is 0 Å². The first-order valence-electron chi connectivity index (χ1n) is 8.19. The van der Waals surface area contributed by atoms with E-state index in [9.17, 15) is 0 Å². The SMILES string of the molecule is Cc1cccc(CCc2cnc3c(N)nc4ccccc4c3c2)c1. The van der Waals surface area contributed by atoms with Crippen LogP contribution in [-0.4, -0.2) is 9.97 Å². The van der Waals surface area contributed by atoms with Crippen molar-refractivity contribution in [1.82, 2.24) is 9.97 Å². The fourth-order valence-corrected chi connectivity index (χ4v) is 3.19. The number of anilines is 1. The summed E-state index contributed by atoms with van der Waals surface area (Å²) in [5, 5.41) is 2.19. The van der Waals surface area contributed by atoms with Crippen molar-refractivity contribution >= 4 is 27.6 Å². The van der Waals surface area contributed by atoms with Crippen LogP contribution >= 0.6 is 0 Å². The van der Waals surface area contributed by atoms with E-state index in [0.29, 0.717) is 5.82 Å². The molecule has 24 heavy (non-hydrogen) atoms. The van der Waals surface area contributed by atoms with Crippen molar-refractivity contribution in [3.63, 3.8) is 0 Å². The van der Waals surface area contributed by atoms with E-state index in [4.69, 9.17) is 5.73 Å². The molecule has 0 aliphatic rings. The molecule has 0 saturated carbocycles. The Bertz CT molecular complexity index is 1040. The van der Waals surface area contributed by atoms with Crippen molar-refractivity contribution in [1.29, 1.82) is 0 Å². The highest BCUT2D eigenvalue weighted by atomic mass is 14.9. The van der Waals surface area contributed by atoms with Crippen LogP contribution in [0.15, 0.2) is 60.8 Å². The van der Waals surface area contributed by atoms with Crippen LogP contribution in [0.5, 0.6) is 0 Å². The lowest BCUT2D eigenvalue weighted by molar-refractivity contribution is 0.953. The highest BCUT2D eigenvalue weighted by Crippen LogP contribution is 2.27. The Morgan fingerprint density at radius 3 is 2.58 bits per heavy atom. The number of nitrogens with zero attached hydrogens (tertiary/aromatic N) is 2. The largest absolute Gasteiger partial charge is 0.382 e. The molecule has 0 fully saturated rings. The molecule has 0 radical (unpaired) electrons. The lowest BCUT2D eigenvalue weighted by atomic mass is 10.0. The van der Waals surface area contributed by atoms with Gasteiger partial charge in [0.25, 0.3) is 0 Å². The number of para-hydroxylation sites is 1. The van der Waals surface area contributed by atoms with Gasteiger partial charge in [0.2, 0.25) is 0 Å². The summed E-state index contributed by atoms with van der Waals surface area (Å²) in [7, 11) is 0. The fraction of sp³-hybridized carbons (Fsp3) is 0.143. The third-order valence-electron chi connectivity index (χ3n) is 4.41. The van der Waals surface area contributed by atoms with Crippen molar-refractivity contribution in [2.24, 2.45) is 0 Å². The molecule has 0 amide bonds. The maximum Gasteiger partial charge on any atom is 0.150 e. The van der Waals surface area contributed by atoms with E-state index in [1.54, 1.807) is 0 Å². The lowest BCUT2D eigenvalue weighted by Crippen LogP contribution is -1.98. The highest BCUT2D eigenvalue weighted by molar-refractivity contribution is 6.08. The van der Waals surface area contributed by atoms with Crippen LogP contribution in [0.2, 0.25) is 0 Å². The lowest BCUT2D eigenvalue weighted by Gasteiger charge is -2.08. The molecule has 2 heterocycles. The molecule has 0 aliphatic carbocycles. The monoisotopic (exact) mass is 313 g/mol. The summed E-state index contributed by atoms with van der Waals surface area (Å²) in [6.07, 6.45) is 3.89. The average Bonchev–Trinajstić information content (AvgIpc) is 2.60. The third-order valence-corrected chi connectivity index (χ3v) is 4.41. The number of hydrogen-bond donors (Lipinski definition) is 1. The van der Waals surface area contributed by atoms with Gasteiger partial charge in [0.15, 0.2) is 5.82 Å². The molecule has 3 nitrogen and oxygen atoms in total. The van der Waals surface area contributed by atoms with Crippen molar-refractivity contribution in [2.75, 3.05) is 5.73 Å². The summed E-state index contributed by atoms with van der Waals surface area (Å²) in [6, 6.07) is 18.9. The first-order valence-corrected chi connectivity index (χ1v) is 8.19. The standard InChI is InChI=1S/C21H19N3/c1-14-5-4-6-15(11-14)9-10-16-12-18-17-7-2-3-8-19(17)24-21(22)20(18)23-13-16/h2-8,11-13H,9-10H2,1H3,(H2,22,24). The van der Waals surface area contributed by atoms with Gasteiger partial charge >= 0.3 is 0 Å². The van der Waals surface area contributed by atoms with E-state index < -0.39 is 0 Å².